The van der Waals surface area contributed by atoms with Crippen molar-refractivity contribution in [2.24, 2.45) is 5.92 Å². The molecule has 1 aromatic rings. The van der Waals surface area contributed by atoms with Gasteiger partial charge in [0, 0.05) is 17.5 Å². The Morgan fingerprint density at radius 2 is 1.76 bits per heavy atom. The molecule has 0 amide bonds. The first kappa shape index (κ1) is 16.2. The normalized spacial score (nSPS) is 22.4. The van der Waals surface area contributed by atoms with Crippen molar-refractivity contribution in [3.63, 3.8) is 0 Å². The molecule has 0 bridgehead atoms. The highest BCUT2D eigenvalue weighted by Crippen LogP contribution is 2.30. The monoisotopic (exact) mass is 287 g/mol. The van der Waals surface area contributed by atoms with E-state index in [4.69, 9.17) is 0 Å². The van der Waals surface area contributed by atoms with Crippen LogP contribution in [0.1, 0.15) is 62.7 Å². The molecule has 0 heterocycles. The predicted molar refractivity (Wildman–Crippen MR) is 88.7 cm³/mol. The Hall–Kier alpha value is -1.15. The summed E-state index contributed by atoms with van der Waals surface area (Å²) >= 11 is 0. The molecule has 0 aliphatic heterocycles. The van der Waals surface area contributed by atoms with Gasteiger partial charge in [-0.1, -0.05) is 50.6 Å². The van der Waals surface area contributed by atoms with Crippen LogP contribution in [0.2, 0.25) is 0 Å². The topological polar surface area (TPSA) is 20.3 Å². The Labute approximate surface area is 129 Å². The van der Waals surface area contributed by atoms with E-state index in [0.717, 1.165) is 18.4 Å². The summed E-state index contributed by atoms with van der Waals surface area (Å²) in [6.07, 6.45) is 6.97. The standard InChI is InChI=1S/C19H29NO/c1-3-13-20(14-4-2)18-12-8-11-17(15-18)19(21)16-9-6-5-7-10-16/h5-7,9-10,17-18H,3-4,8,11-15H2,1-2H3. The van der Waals surface area contributed by atoms with Crippen LogP contribution in [-0.4, -0.2) is 29.8 Å². The van der Waals surface area contributed by atoms with Crippen molar-refractivity contribution in [3.8, 4) is 0 Å². The van der Waals surface area contributed by atoms with Crippen LogP contribution in [0, 0.1) is 5.92 Å². The minimum atomic E-state index is 0.224. The van der Waals surface area contributed by atoms with Crippen LogP contribution in [0.4, 0.5) is 0 Å². The number of rotatable bonds is 7. The van der Waals surface area contributed by atoms with Crippen molar-refractivity contribution in [2.75, 3.05) is 13.1 Å². The summed E-state index contributed by atoms with van der Waals surface area (Å²) in [4.78, 5) is 15.3. The second kappa shape index (κ2) is 8.33. The molecule has 0 aromatic heterocycles. The third-order valence-corrected chi connectivity index (χ3v) is 4.61. The van der Waals surface area contributed by atoms with Crippen molar-refractivity contribution in [3.05, 3.63) is 35.9 Å². The number of hydrogen-bond acceptors (Lipinski definition) is 2. The maximum atomic E-state index is 12.7. The first-order valence-electron chi connectivity index (χ1n) is 8.59. The molecule has 0 saturated heterocycles. The zero-order chi connectivity index (χ0) is 15.1. The Balaban J connectivity index is 2.01. The van der Waals surface area contributed by atoms with Gasteiger partial charge in [0.15, 0.2) is 5.78 Å². The summed E-state index contributed by atoms with van der Waals surface area (Å²) < 4.78 is 0. The van der Waals surface area contributed by atoms with Gasteiger partial charge in [-0.3, -0.25) is 4.79 Å². The van der Waals surface area contributed by atoms with Gasteiger partial charge in [-0.25, -0.2) is 0 Å². The Morgan fingerprint density at radius 1 is 1.10 bits per heavy atom. The summed E-state index contributed by atoms with van der Waals surface area (Å²) in [6, 6.07) is 10.4. The van der Waals surface area contributed by atoms with Crippen LogP contribution in [0.25, 0.3) is 0 Å². The highest BCUT2D eigenvalue weighted by molar-refractivity contribution is 5.97. The lowest BCUT2D eigenvalue weighted by Crippen LogP contribution is -2.41. The smallest absolute Gasteiger partial charge is 0.165 e. The van der Waals surface area contributed by atoms with Gasteiger partial charge in [-0.05, 0) is 45.2 Å². The van der Waals surface area contributed by atoms with Crippen molar-refractivity contribution in [1.29, 1.82) is 0 Å². The fourth-order valence-electron chi connectivity index (χ4n) is 3.62. The summed E-state index contributed by atoms with van der Waals surface area (Å²) in [5, 5.41) is 0. The molecule has 21 heavy (non-hydrogen) atoms. The van der Waals surface area contributed by atoms with Crippen molar-refractivity contribution in [1.82, 2.24) is 4.90 Å². The highest BCUT2D eigenvalue weighted by atomic mass is 16.1. The number of nitrogens with zero attached hydrogens (tertiary/aromatic N) is 1. The maximum Gasteiger partial charge on any atom is 0.165 e. The molecular weight excluding hydrogens is 258 g/mol. The van der Waals surface area contributed by atoms with Gasteiger partial charge < -0.3 is 4.90 Å². The van der Waals surface area contributed by atoms with Gasteiger partial charge in [-0.2, -0.15) is 0 Å². The van der Waals surface area contributed by atoms with Crippen LogP contribution in [0.5, 0.6) is 0 Å². The van der Waals surface area contributed by atoms with E-state index in [1.165, 1.54) is 38.8 Å². The van der Waals surface area contributed by atoms with Crippen LogP contribution in [0.15, 0.2) is 30.3 Å². The lowest BCUT2D eigenvalue weighted by atomic mass is 9.80. The molecule has 2 unspecified atom stereocenters. The minimum Gasteiger partial charge on any atom is -0.300 e. The van der Waals surface area contributed by atoms with E-state index in [0.29, 0.717) is 11.8 Å². The zero-order valence-electron chi connectivity index (χ0n) is 13.6. The molecule has 116 valence electrons. The molecule has 1 aromatic carbocycles. The molecule has 0 spiro atoms. The average Bonchev–Trinajstić information content (AvgIpc) is 2.55. The quantitative estimate of drug-likeness (QED) is 0.686. The molecule has 1 fully saturated rings. The van der Waals surface area contributed by atoms with Gasteiger partial charge in [0.05, 0.1) is 0 Å². The lowest BCUT2D eigenvalue weighted by molar-refractivity contribution is 0.0792. The molecule has 1 aliphatic carbocycles. The number of ketones is 1. The van der Waals surface area contributed by atoms with E-state index in [9.17, 15) is 4.79 Å². The van der Waals surface area contributed by atoms with E-state index in [1.807, 2.05) is 30.3 Å². The SMILES string of the molecule is CCCN(CCC)C1CCCC(C(=O)c2ccccc2)C1. The molecular formula is C19H29NO. The van der Waals surface area contributed by atoms with Crippen LogP contribution >= 0.6 is 0 Å². The molecule has 2 heteroatoms. The lowest BCUT2D eigenvalue weighted by Gasteiger charge is -2.37. The zero-order valence-corrected chi connectivity index (χ0v) is 13.6. The fraction of sp³-hybridized carbons (Fsp3) is 0.632. The molecule has 2 atom stereocenters. The first-order valence-corrected chi connectivity index (χ1v) is 8.59. The van der Waals surface area contributed by atoms with Crippen molar-refractivity contribution >= 4 is 5.78 Å². The van der Waals surface area contributed by atoms with E-state index in [-0.39, 0.29) is 5.92 Å². The maximum absolute atomic E-state index is 12.7. The second-order valence-electron chi connectivity index (χ2n) is 6.28. The average molecular weight is 287 g/mol. The first-order chi connectivity index (χ1) is 10.3. The summed E-state index contributed by atoms with van der Waals surface area (Å²) in [5.74, 6) is 0.579. The number of Topliss-reactive ketones (excluding diaryl/α,β-unsaturated/α-hetero) is 1. The van der Waals surface area contributed by atoms with Gasteiger partial charge in [0.2, 0.25) is 0 Å². The van der Waals surface area contributed by atoms with Crippen molar-refractivity contribution in [2.45, 2.75) is 58.4 Å². The number of benzene rings is 1. The number of hydrogen-bond donors (Lipinski definition) is 0. The van der Waals surface area contributed by atoms with Gasteiger partial charge in [0.25, 0.3) is 0 Å². The van der Waals surface area contributed by atoms with Crippen LogP contribution in [-0.2, 0) is 0 Å². The molecule has 2 rings (SSSR count). The van der Waals surface area contributed by atoms with Gasteiger partial charge in [-0.15, -0.1) is 0 Å². The van der Waals surface area contributed by atoms with Gasteiger partial charge >= 0.3 is 0 Å². The number of carbonyl (C=O) groups excluding carboxylic acids is 1. The van der Waals surface area contributed by atoms with Crippen LogP contribution in [0.3, 0.4) is 0 Å². The third-order valence-electron chi connectivity index (χ3n) is 4.61. The summed E-state index contributed by atoms with van der Waals surface area (Å²) in [6.45, 7) is 6.84. The third kappa shape index (κ3) is 4.41. The fourth-order valence-corrected chi connectivity index (χ4v) is 3.62. The molecule has 1 saturated carbocycles. The predicted octanol–water partition coefficient (Wildman–Crippen LogP) is 4.55. The Kier molecular flexibility index (Phi) is 6.44. The molecule has 0 radical (unpaired) electrons. The summed E-state index contributed by atoms with van der Waals surface area (Å²) in [7, 11) is 0. The van der Waals surface area contributed by atoms with E-state index >= 15 is 0 Å². The Bertz CT molecular complexity index is 422. The highest BCUT2D eigenvalue weighted by Gasteiger charge is 2.30. The molecule has 0 N–H and O–H groups in total. The van der Waals surface area contributed by atoms with Gasteiger partial charge in [0.1, 0.15) is 0 Å². The van der Waals surface area contributed by atoms with Crippen molar-refractivity contribution < 1.29 is 4.79 Å². The Morgan fingerprint density at radius 3 is 2.38 bits per heavy atom. The molecule has 1 aliphatic rings. The molecule has 2 nitrogen and oxygen atoms in total. The largest absolute Gasteiger partial charge is 0.300 e. The van der Waals surface area contributed by atoms with Crippen LogP contribution < -0.4 is 0 Å². The van der Waals surface area contributed by atoms with E-state index in [2.05, 4.69) is 18.7 Å². The second-order valence-corrected chi connectivity index (χ2v) is 6.28. The van der Waals surface area contributed by atoms with E-state index < -0.39 is 0 Å². The minimum absolute atomic E-state index is 0.224. The summed E-state index contributed by atoms with van der Waals surface area (Å²) in [5.41, 5.74) is 0.890. The number of carbonyl (C=O) groups is 1. The van der Waals surface area contributed by atoms with E-state index in [1.54, 1.807) is 0 Å².